The lowest BCUT2D eigenvalue weighted by Crippen LogP contribution is -2.63. The summed E-state index contributed by atoms with van der Waals surface area (Å²) in [6, 6.07) is -0.0706. The van der Waals surface area contributed by atoms with Crippen LogP contribution in [0.15, 0.2) is 24.6 Å². The topological polar surface area (TPSA) is 18.5 Å². The van der Waals surface area contributed by atoms with E-state index >= 15 is 0 Å². The highest BCUT2D eigenvalue weighted by Crippen LogP contribution is 2.33. The van der Waals surface area contributed by atoms with Gasteiger partial charge in [0.15, 0.2) is 16.2 Å². The Morgan fingerprint density at radius 3 is 1.70 bits per heavy atom. The van der Waals surface area contributed by atoms with E-state index in [1.807, 2.05) is 18.8 Å². The van der Waals surface area contributed by atoms with Crippen molar-refractivity contribution < 1.29 is 21.4 Å². The molecule has 0 rings (SSSR count). The van der Waals surface area contributed by atoms with Gasteiger partial charge in [0.1, 0.15) is 0 Å². The van der Waals surface area contributed by atoms with Gasteiger partial charge in [-0.25, -0.2) is 0 Å². The van der Waals surface area contributed by atoms with Crippen LogP contribution >= 0.6 is 0 Å². The van der Waals surface area contributed by atoms with E-state index in [0.717, 1.165) is 0 Å². The summed E-state index contributed by atoms with van der Waals surface area (Å²) in [7, 11) is -9.22. The molecule has 1 unspecified atom stereocenters. The Labute approximate surface area is 143 Å². The normalized spacial score (nSPS) is 16.8. The lowest BCUT2D eigenvalue weighted by Gasteiger charge is -2.44. The van der Waals surface area contributed by atoms with Crippen LogP contribution in [-0.4, -0.2) is 38.5 Å². The molecule has 0 bridgehead atoms. The Kier molecular flexibility index (Phi) is 7.54. The molecule has 0 aromatic carbocycles. The standard InChI is InChI=1S/C14H31F3O2Si4/c1-10-20(3,4)18-23(9,13-12-14(15,16)17)19-22(7,8)21(5,6)11-2/h10-11H,1-2,12-13H2,3-9H3. The summed E-state index contributed by atoms with van der Waals surface area (Å²) in [4.78, 5) is 0. The number of halogens is 3. The molecule has 0 saturated carbocycles. The predicted molar refractivity (Wildman–Crippen MR) is 102 cm³/mol. The van der Waals surface area contributed by atoms with Crippen LogP contribution in [0.5, 0.6) is 0 Å². The van der Waals surface area contributed by atoms with Crippen LogP contribution in [-0.2, 0) is 8.23 Å². The average Bonchev–Trinajstić information content (AvgIpc) is 2.34. The second kappa shape index (κ2) is 7.52. The van der Waals surface area contributed by atoms with Crippen LogP contribution < -0.4 is 0 Å². The molecule has 0 aromatic rings. The van der Waals surface area contributed by atoms with Crippen molar-refractivity contribution in [1.29, 1.82) is 0 Å². The molecule has 1 atom stereocenters. The highest BCUT2D eigenvalue weighted by molar-refractivity contribution is 7.41. The summed E-state index contributed by atoms with van der Waals surface area (Å²) in [6.45, 7) is 21.8. The monoisotopic (exact) mass is 400 g/mol. The van der Waals surface area contributed by atoms with Gasteiger partial charge < -0.3 is 8.23 Å². The van der Waals surface area contributed by atoms with Gasteiger partial charge in [0.05, 0.1) is 7.59 Å². The van der Waals surface area contributed by atoms with Crippen LogP contribution in [0.4, 0.5) is 13.2 Å². The van der Waals surface area contributed by atoms with Crippen molar-refractivity contribution in [2.45, 2.75) is 64.5 Å². The first-order valence-corrected chi connectivity index (χ1v) is 20.2. The molecule has 9 heteroatoms. The van der Waals surface area contributed by atoms with E-state index < -0.39 is 44.9 Å². The van der Waals surface area contributed by atoms with E-state index in [-0.39, 0.29) is 6.04 Å². The van der Waals surface area contributed by atoms with Crippen LogP contribution in [0.25, 0.3) is 0 Å². The van der Waals surface area contributed by atoms with Crippen molar-refractivity contribution in [1.82, 2.24) is 0 Å². The zero-order valence-corrected chi connectivity index (χ0v) is 19.4. The quantitative estimate of drug-likeness (QED) is 0.463. The van der Waals surface area contributed by atoms with E-state index in [2.05, 4.69) is 39.3 Å². The molecule has 0 spiro atoms. The third kappa shape index (κ3) is 7.65. The van der Waals surface area contributed by atoms with Gasteiger partial charge in [-0.05, 0) is 38.8 Å². The van der Waals surface area contributed by atoms with Gasteiger partial charge >= 0.3 is 14.7 Å². The lowest BCUT2D eigenvalue weighted by molar-refractivity contribution is -0.131. The molecule has 23 heavy (non-hydrogen) atoms. The molecule has 136 valence electrons. The van der Waals surface area contributed by atoms with Crippen molar-refractivity contribution in [3.05, 3.63) is 24.6 Å². The molecule has 0 fully saturated rings. The second-order valence-electron chi connectivity index (χ2n) is 7.70. The Hall–Kier alpha value is 0.0575. The maximum Gasteiger partial charge on any atom is 0.389 e. The molecule has 0 aliphatic rings. The van der Waals surface area contributed by atoms with Crippen LogP contribution in [0.3, 0.4) is 0 Å². The van der Waals surface area contributed by atoms with Crippen molar-refractivity contribution in [2.75, 3.05) is 0 Å². The summed E-state index contributed by atoms with van der Waals surface area (Å²) in [5.74, 6) is 0. The van der Waals surface area contributed by atoms with Gasteiger partial charge in [0.2, 0.25) is 0 Å². The van der Waals surface area contributed by atoms with E-state index in [1.54, 1.807) is 12.2 Å². The maximum absolute atomic E-state index is 12.7. The molecule has 0 aliphatic carbocycles. The van der Waals surface area contributed by atoms with Gasteiger partial charge in [-0.1, -0.05) is 18.8 Å². The minimum atomic E-state index is -4.20. The largest absolute Gasteiger partial charge is 0.439 e. The minimum absolute atomic E-state index is 0.0706. The Morgan fingerprint density at radius 1 is 0.870 bits per heavy atom. The van der Waals surface area contributed by atoms with Crippen molar-refractivity contribution in [2.24, 2.45) is 0 Å². The summed E-state index contributed by atoms with van der Waals surface area (Å²) >= 11 is 0. The number of rotatable bonds is 9. The summed E-state index contributed by atoms with van der Waals surface area (Å²) in [5, 5.41) is 0. The Balaban J connectivity index is 5.50. The average molecular weight is 401 g/mol. The highest BCUT2D eigenvalue weighted by Gasteiger charge is 2.49. The van der Waals surface area contributed by atoms with Crippen LogP contribution in [0.2, 0.25) is 51.9 Å². The first-order chi connectivity index (χ1) is 9.99. The Morgan fingerprint density at radius 2 is 1.35 bits per heavy atom. The molecular formula is C14H31F3O2Si4. The predicted octanol–water partition coefficient (Wildman–Crippen LogP) is 5.69. The molecule has 0 radical (unpaired) electrons. The SMILES string of the molecule is C=C[Si](C)(C)O[Si](C)(CCC(F)(F)F)O[Si](C)(C)[Si](C)(C)C=C. The molecule has 0 aromatic heterocycles. The number of alkyl halides is 3. The molecule has 0 aliphatic heterocycles. The summed E-state index contributed by atoms with van der Waals surface area (Å²) in [5.41, 5.74) is 3.72. The summed E-state index contributed by atoms with van der Waals surface area (Å²) < 4.78 is 50.9. The minimum Gasteiger partial charge on any atom is -0.439 e. The van der Waals surface area contributed by atoms with Crippen molar-refractivity contribution >= 4 is 32.3 Å². The molecular weight excluding hydrogens is 369 g/mol. The molecule has 2 nitrogen and oxygen atoms in total. The fourth-order valence-electron chi connectivity index (χ4n) is 2.01. The van der Waals surface area contributed by atoms with Crippen LogP contribution in [0, 0.1) is 0 Å². The molecule has 0 N–H and O–H groups in total. The van der Waals surface area contributed by atoms with Gasteiger partial charge in [-0.2, -0.15) is 13.2 Å². The zero-order chi connectivity index (χ0) is 18.7. The van der Waals surface area contributed by atoms with E-state index in [0.29, 0.717) is 0 Å². The third-order valence-corrected chi connectivity index (χ3v) is 29.1. The van der Waals surface area contributed by atoms with Crippen LogP contribution in [0.1, 0.15) is 6.42 Å². The Bertz CT molecular complexity index is 436. The molecule has 0 saturated heterocycles. The van der Waals surface area contributed by atoms with Crippen molar-refractivity contribution in [3.63, 3.8) is 0 Å². The fourth-order valence-corrected chi connectivity index (χ4v) is 20.5. The van der Waals surface area contributed by atoms with E-state index in [9.17, 15) is 13.2 Å². The van der Waals surface area contributed by atoms with Gasteiger partial charge in [-0.3, -0.25) is 0 Å². The van der Waals surface area contributed by atoms with E-state index in [1.165, 1.54) is 0 Å². The molecule has 0 amide bonds. The van der Waals surface area contributed by atoms with Crippen molar-refractivity contribution in [3.8, 4) is 0 Å². The first-order valence-electron chi connectivity index (χ1n) is 7.73. The smallest absolute Gasteiger partial charge is 0.389 e. The number of hydrogen-bond acceptors (Lipinski definition) is 2. The molecule has 0 heterocycles. The highest BCUT2D eigenvalue weighted by atomic mass is 29.3. The zero-order valence-electron chi connectivity index (χ0n) is 15.4. The number of hydrogen-bond donors (Lipinski definition) is 0. The second-order valence-corrected chi connectivity index (χ2v) is 30.1. The maximum atomic E-state index is 12.7. The summed E-state index contributed by atoms with van der Waals surface area (Å²) in [6.07, 6.45) is -5.06. The third-order valence-electron chi connectivity index (χ3n) is 4.37. The first kappa shape index (κ1) is 23.1. The van der Waals surface area contributed by atoms with Gasteiger partial charge in [0, 0.05) is 6.42 Å². The van der Waals surface area contributed by atoms with Gasteiger partial charge in [0.25, 0.3) is 0 Å². The van der Waals surface area contributed by atoms with E-state index in [4.69, 9.17) is 8.23 Å². The van der Waals surface area contributed by atoms with Gasteiger partial charge in [-0.15, -0.1) is 18.9 Å². The lowest BCUT2D eigenvalue weighted by atomic mass is 10.5. The fraction of sp³-hybridized carbons (Fsp3) is 0.714.